The van der Waals surface area contributed by atoms with E-state index in [4.69, 9.17) is 0 Å². The number of hydrogen-bond acceptors (Lipinski definition) is 2. The lowest BCUT2D eigenvalue weighted by molar-refractivity contribution is 0.221. The molecule has 0 unspecified atom stereocenters. The first kappa shape index (κ1) is 14.5. The fourth-order valence-electron chi connectivity index (χ4n) is 2.74. The topological polar surface area (TPSA) is 15.3 Å². The molecule has 0 bridgehead atoms. The van der Waals surface area contributed by atoms with E-state index in [1.807, 2.05) is 0 Å². The molecule has 1 aliphatic carbocycles. The molecule has 2 nitrogen and oxygen atoms in total. The van der Waals surface area contributed by atoms with E-state index in [-0.39, 0.29) is 0 Å². The largest absolute Gasteiger partial charge is 0.310 e. The highest BCUT2D eigenvalue weighted by Crippen LogP contribution is 2.21. The third-order valence-corrected chi connectivity index (χ3v) is 4.26. The van der Waals surface area contributed by atoms with Gasteiger partial charge in [0.15, 0.2) is 0 Å². The second kappa shape index (κ2) is 7.06. The minimum absolute atomic E-state index is 0.699. The molecule has 2 rings (SSSR count). The van der Waals surface area contributed by atoms with Crippen molar-refractivity contribution < 1.29 is 0 Å². The molecule has 0 atom stereocenters. The van der Waals surface area contributed by atoms with Gasteiger partial charge in [0.2, 0.25) is 0 Å². The van der Waals surface area contributed by atoms with Crippen molar-refractivity contribution >= 4 is 0 Å². The van der Waals surface area contributed by atoms with Crippen LogP contribution in [0.15, 0.2) is 24.3 Å². The lowest BCUT2D eigenvalue weighted by atomic mass is 10.0. The number of benzene rings is 1. The summed E-state index contributed by atoms with van der Waals surface area (Å²) in [5.41, 5.74) is 2.94. The summed E-state index contributed by atoms with van der Waals surface area (Å²) in [5.74, 6) is 0. The molecule has 0 radical (unpaired) electrons. The molecule has 0 saturated heterocycles. The maximum atomic E-state index is 3.63. The molecule has 1 fully saturated rings. The Balaban J connectivity index is 1.97. The number of nitrogens with zero attached hydrogens (tertiary/aromatic N) is 1. The predicted octanol–water partition coefficient (Wildman–Crippen LogP) is 3.56. The highest BCUT2D eigenvalue weighted by atomic mass is 15.1. The summed E-state index contributed by atoms with van der Waals surface area (Å²) in [4.78, 5) is 2.50. The van der Waals surface area contributed by atoms with E-state index < -0.39 is 0 Å². The minimum Gasteiger partial charge on any atom is -0.310 e. The third-order valence-electron chi connectivity index (χ3n) is 4.26. The molecule has 106 valence electrons. The first-order valence-corrected chi connectivity index (χ1v) is 7.75. The number of nitrogens with one attached hydrogen (secondary N) is 1. The molecule has 0 heterocycles. The highest BCUT2D eigenvalue weighted by Gasteiger charge is 2.20. The van der Waals surface area contributed by atoms with Gasteiger partial charge in [-0.05, 0) is 43.9 Å². The van der Waals surface area contributed by atoms with Gasteiger partial charge < -0.3 is 5.32 Å². The molecular weight excluding hydrogens is 232 g/mol. The van der Waals surface area contributed by atoms with Crippen LogP contribution in [0.25, 0.3) is 0 Å². The van der Waals surface area contributed by atoms with Crippen molar-refractivity contribution in [2.75, 3.05) is 7.05 Å². The lowest BCUT2D eigenvalue weighted by Crippen LogP contribution is -2.30. The lowest BCUT2D eigenvalue weighted by Gasteiger charge is -2.27. The third kappa shape index (κ3) is 4.32. The molecule has 1 aliphatic rings. The summed E-state index contributed by atoms with van der Waals surface area (Å²) >= 11 is 0. The molecule has 0 aliphatic heterocycles. The molecule has 19 heavy (non-hydrogen) atoms. The van der Waals surface area contributed by atoms with Crippen molar-refractivity contribution in [2.45, 2.75) is 64.7 Å². The van der Waals surface area contributed by atoms with Crippen LogP contribution >= 0.6 is 0 Å². The van der Waals surface area contributed by atoms with Gasteiger partial charge in [-0.15, -0.1) is 0 Å². The van der Waals surface area contributed by atoms with Gasteiger partial charge in [0.25, 0.3) is 0 Å². The molecule has 1 N–H and O–H groups in total. The molecule has 0 aromatic heterocycles. The summed E-state index contributed by atoms with van der Waals surface area (Å²) in [7, 11) is 2.25. The Morgan fingerprint density at radius 3 is 2.37 bits per heavy atom. The minimum atomic E-state index is 0.699. The Morgan fingerprint density at radius 1 is 1.16 bits per heavy atom. The van der Waals surface area contributed by atoms with Gasteiger partial charge in [-0.2, -0.15) is 0 Å². The van der Waals surface area contributed by atoms with Crippen molar-refractivity contribution in [2.24, 2.45) is 0 Å². The van der Waals surface area contributed by atoms with Gasteiger partial charge in [-0.3, -0.25) is 4.90 Å². The van der Waals surface area contributed by atoms with Gasteiger partial charge in [0.1, 0.15) is 0 Å². The van der Waals surface area contributed by atoms with Gasteiger partial charge in [0.05, 0.1) is 0 Å². The molecule has 0 spiro atoms. The van der Waals surface area contributed by atoms with E-state index in [1.165, 1.54) is 36.8 Å². The van der Waals surface area contributed by atoms with E-state index in [0.717, 1.165) is 19.1 Å². The summed E-state index contributed by atoms with van der Waals surface area (Å²) < 4.78 is 0. The fourth-order valence-corrected chi connectivity index (χ4v) is 2.74. The van der Waals surface area contributed by atoms with Crippen molar-refractivity contribution in [1.82, 2.24) is 10.2 Å². The second-order valence-electron chi connectivity index (χ2n) is 5.81. The van der Waals surface area contributed by atoms with Crippen LogP contribution in [0, 0.1) is 0 Å². The van der Waals surface area contributed by atoms with E-state index in [9.17, 15) is 0 Å². The van der Waals surface area contributed by atoms with Gasteiger partial charge in [0, 0.05) is 25.2 Å². The van der Waals surface area contributed by atoms with E-state index >= 15 is 0 Å². The van der Waals surface area contributed by atoms with Crippen molar-refractivity contribution in [3.8, 4) is 0 Å². The summed E-state index contributed by atoms with van der Waals surface area (Å²) in [5, 5.41) is 3.63. The molecule has 2 heteroatoms. The Bertz CT molecular complexity index is 381. The maximum absolute atomic E-state index is 3.63. The highest BCUT2D eigenvalue weighted by molar-refractivity contribution is 5.27. The van der Waals surface area contributed by atoms with Crippen LogP contribution in [0.1, 0.15) is 50.7 Å². The van der Waals surface area contributed by atoms with Crippen LogP contribution in [-0.4, -0.2) is 24.0 Å². The molecule has 1 saturated carbocycles. The van der Waals surface area contributed by atoms with E-state index in [0.29, 0.717) is 6.04 Å². The zero-order chi connectivity index (χ0) is 13.7. The fraction of sp³-hybridized carbons (Fsp3) is 0.647. The van der Waals surface area contributed by atoms with Crippen LogP contribution in [0.2, 0.25) is 0 Å². The molecular formula is C17H28N2. The second-order valence-corrected chi connectivity index (χ2v) is 5.81. The Labute approximate surface area is 118 Å². The van der Waals surface area contributed by atoms with Crippen molar-refractivity contribution in [3.05, 3.63) is 35.4 Å². The smallest absolute Gasteiger partial charge is 0.0236 e. The van der Waals surface area contributed by atoms with Crippen LogP contribution in [0.4, 0.5) is 0 Å². The SMILES string of the molecule is CCC(CC)N(C)Cc1ccccc1CNC1CC1. The zero-order valence-corrected chi connectivity index (χ0v) is 12.7. The van der Waals surface area contributed by atoms with Gasteiger partial charge >= 0.3 is 0 Å². The Morgan fingerprint density at radius 2 is 1.79 bits per heavy atom. The summed E-state index contributed by atoms with van der Waals surface area (Å²) in [6.07, 6.45) is 5.18. The Kier molecular flexibility index (Phi) is 5.41. The summed E-state index contributed by atoms with van der Waals surface area (Å²) in [6.45, 7) is 6.66. The molecule has 1 aromatic carbocycles. The van der Waals surface area contributed by atoms with Crippen LogP contribution in [0.5, 0.6) is 0 Å². The number of hydrogen-bond donors (Lipinski definition) is 1. The maximum Gasteiger partial charge on any atom is 0.0236 e. The van der Waals surface area contributed by atoms with Gasteiger partial charge in [-0.25, -0.2) is 0 Å². The van der Waals surface area contributed by atoms with Crippen LogP contribution in [-0.2, 0) is 13.1 Å². The van der Waals surface area contributed by atoms with Crippen molar-refractivity contribution in [1.29, 1.82) is 0 Å². The molecule has 0 amide bonds. The van der Waals surface area contributed by atoms with Crippen molar-refractivity contribution in [3.63, 3.8) is 0 Å². The van der Waals surface area contributed by atoms with Crippen LogP contribution in [0.3, 0.4) is 0 Å². The average Bonchev–Trinajstić information content (AvgIpc) is 3.23. The standard InChI is InChI=1S/C17H28N2/c1-4-17(5-2)19(3)13-15-9-7-6-8-14(15)12-18-16-10-11-16/h6-9,16-18H,4-5,10-13H2,1-3H3. The van der Waals surface area contributed by atoms with E-state index in [2.05, 4.69) is 55.4 Å². The number of rotatable bonds is 8. The predicted molar refractivity (Wildman–Crippen MR) is 82.1 cm³/mol. The first-order valence-electron chi connectivity index (χ1n) is 7.75. The molecule has 1 aromatic rings. The first-order chi connectivity index (χ1) is 9.24. The monoisotopic (exact) mass is 260 g/mol. The average molecular weight is 260 g/mol. The van der Waals surface area contributed by atoms with Crippen LogP contribution < -0.4 is 5.32 Å². The normalized spacial score (nSPS) is 15.4. The quantitative estimate of drug-likeness (QED) is 0.769. The zero-order valence-electron chi connectivity index (χ0n) is 12.7. The summed E-state index contributed by atoms with van der Waals surface area (Å²) in [6, 6.07) is 10.4. The van der Waals surface area contributed by atoms with E-state index in [1.54, 1.807) is 0 Å². The Hall–Kier alpha value is -0.860. The van der Waals surface area contributed by atoms with Gasteiger partial charge in [-0.1, -0.05) is 38.1 Å².